The van der Waals surface area contributed by atoms with Crippen molar-refractivity contribution >= 4 is 0 Å². The van der Waals surface area contributed by atoms with Crippen molar-refractivity contribution < 1.29 is 4.74 Å². The zero-order valence-electron chi connectivity index (χ0n) is 11.6. The van der Waals surface area contributed by atoms with Crippen LogP contribution in [0.5, 0.6) is 0 Å². The van der Waals surface area contributed by atoms with Crippen LogP contribution in [0.4, 0.5) is 0 Å². The first kappa shape index (κ1) is 12.9. The fourth-order valence-corrected chi connectivity index (χ4v) is 4.48. The molecule has 0 bridgehead atoms. The van der Waals surface area contributed by atoms with Crippen molar-refractivity contribution in [2.75, 3.05) is 39.8 Å². The van der Waals surface area contributed by atoms with Gasteiger partial charge in [0.05, 0.1) is 6.10 Å². The van der Waals surface area contributed by atoms with E-state index in [4.69, 9.17) is 10.5 Å². The van der Waals surface area contributed by atoms with Crippen LogP contribution in [0.25, 0.3) is 0 Å². The van der Waals surface area contributed by atoms with E-state index in [-0.39, 0.29) is 5.54 Å². The fraction of sp³-hybridized carbons (Fsp3) is 1.00. The van der Waals surface area contributed by atoms with Crippen LogP contribution in [0.2, 0.25) is 0 Å². The third kappa shape index (κ3) is 1.90. The van der Waals surface area contributed by atoms with Crippen LogP contribution in [0.15, 0.2) is 0 Å². The Morgan fingerprint density at radius 2 is 1.94 bits per heavy atom. The summed E-state index contributed by atoms with van der Waals surface area (Å²) in [6, 6.07) is 0.724. The number of hydrogen-bond donors (Lipinski definition) is 1. The smallest absolute Gasteiger partial charge is 0.0595 e. The van der Waals surface area contributed by atoms with E-state index >= 15 is 0 Å². The predicted octanol–water partition coefficient (Wildman–Crippen LogP) is 0.663. The van der Waals surface area contributed by atoms with Crippen LogP contribution in [0, 0.1) is 0 Å². The quantitative estimate of drug-likeness (QED) is 0.802. The number of fused-ring (bicyclic) bond motifs is 1. The second-order valence-corrected chi connectivity index (χ2v) is 6.17. The average molecular weight is 253 g/mol. The number of hydrogen-bond acceptors (Lipinski definition) is 4. The molecule has 0 aliphatic carbocycles. The standard InChI is InChI=1S/C14H27N3O/c1-18-12-4-8-17(9-5-12)14(11-15)6-10-16-7-2-3-13(14)16/h12-13H,2-11,15H2,1H3. The largest absolute Gasteiger partial charge is 0.381 e. The number of nitrogens with zero attached hydrogens (tertiary/aromatic N) is 2. The molecule has 3 fully saturated rings. The Kier molecular flexibility index (Phi) is 3.63. The molecular formula is C14H27N3O. The Hall–Kier alpha value is -0.160. The predicted molar refractivity (Wildman–Crippen MR) is 72.6 cm³/mol. The highest BCUT2D eigenvalue weighted by Crippen LogP contribution is 2.40. The van der Waals surface area contributed by atoms with Crippen molar-refractivity contribution in [3.8, 4) is 0 Å². The summed E-state index contributed by atoms with van der Waals surface area (Å²) in [6.45, 7) is 5.71. The SMILES string of the molecule is COC1CCN(C2(CN)CCN3CCCC32)CC1. The molecule has 0 amide bonds. The first-order valence-corrected chi connectivity index (χ1v) is 7.52. The lowest BCUT2D eigenvalue weighted by Gasteiger charge is -2.47. The highest BCUT2D eigenvalue weighted by Gasteiger charge is 2.51. The lowest BCUT2D eigenvalue weighted by molar-refractivity contribution is -0.0115. The molecular weight excluding hydrogens is 226 g/mol. The number of ether oxygens (including phenoxy) is 1. The highest BCUT2D eigenvalue weighted by molar-refractivity contribution is 5.10. The van der Waals surface area contributed by atoms with Gasteiger partial charge in [-0.15, -0.1) is 0 Å². The monoisotopic (exact) mass is 253 g/mol. The van der Waals surface area contributed by atoms with Gasteiger partial charge in [0.1, 0.15) is 0 Å². The van der Waals surface area contributed by atoms with Gasteiger partial charge in [-0.1, -0.05) is 0 Å². The minimum Gasteiger partial charge on any atom is -0.381 e. The molecule has 0 aromatic heterocycles. The highest BCUT2D eigenvalue weighted by atomic mass is 16.5. The summed E-state index contributed by atoms with van der Waals surface area (Å²) in [5.41, 5.74) is 6.50. The van der Waals surface area contributed by atoms with Crippen molar-refractivity contribution in [2.24, 2.45) is 5.73 Å². The molecule has 0 radical (unpaired) electrons. The van der Waals surface area contributed by atoms with E-state index in [0.717, 1.165) is 12.6 Å². The Morgan fingerprint density at radius 1 is 1.17 bits per heavy atom. The third-order valence-corrected chi connectivity index (χ3v) is 5.57. The molecule has 3 saturated heterocycles. The summed E-state index contributed by atoms with van der Waals surface area (Å²) in [7, 11) is 1.84. The van der Waals surface area contributed by atoms with E-state index < -0.39 is 0 Å². The van der Waals surface area contributed by atoms with Crippen LogP contribution in [-0.4, -0.2) is 67.3 Å². The maximum atomic E-state index is 6.22. The van der Waals surface area contributed by atoms with E-state index in [2.05, 4.69) is 9.80 Å². The second-order valence-electron chi connectivity index (χ2n) is 6.17. The normalized spacial score (nSPS) is 39.3. The van der Waals surface area contributed by atoms with Gasteiger partial charge >= 0.3 is 0 Å². The number of methoxy groups -OCH3 is 1. The van der Waals surface area contributed by atoms with E-state index in [1.54, 1.807) is 0 Å². The summed E-state index contributed by atoms with van der Waals surface area (Å²) in [4.78, 5) is 5.37. The summed E-state index contributed by atoms with van der Waals surface area (Å²) >= 11 is 0. The molecule has 2 atom stereocenters. The summed E-state index contributed by atoms with van der Waals surface area (Å²) in [5, 5.41) is 0. The van der Waals surface area contributed by atoms with E-state index in [1.165, 1.54) is 58.3 Å². The average Bonchev–Trinajstić information content (AvgIpc) is 3.01. The van der Waals surface area contributed by atoms with Gasteiger partial charge in [0.25, 0.3) is 0 Å². The molecule has 104 valence electrons. The van der Waals surface area contributed by atoms with Crippen molar-refractivity contribution in [1.82, 2.24) is 9.80 Å². The van der Waals surface area contributed by atoms with Gasteiger partial charge in [-0.3, -0.25) is 9.80 Å². The molecule has 3 aliphatic rings. The van der Waals surface area contributed by atoms with E-state index in [0.29, 0.717) is 6.10 Å². The maximum Gasteiger partial charge on any atom is 0.0595 e. The lowest BCUT2D eigenvalue weighted by atomic mass is 9.85. The Labute approximate surface area is 110 Å². The third-order valence-electron chi connectivity index (χ3n) is 5.57. The summed E-state index contributed by atoms with van der Waals surface area (Å²) in [6.07, 6.45) is 6.79. The fourth-order valence-electron chi connectivity index (χ4n) is 4.48. The van der Waals surface area contributed by atoms with Crippen molar-refractivity contribution in [2.45, 2.75) is 49.8 Å². The van der Waals surface area contributed by atoms with E-state index in [9.17, 15) is 0 Å². The molecule has 3 heterocycles. The van der Waals surface area contributed by atoms with Crippen LogP contribution in [0.1, 0.15) is 32.1 Å². The molecule has 18 heavy (non-hydrogen) atoms. The molecule has 0 saturated carbocycles. The molecule has 2 unspecified atom stereocenters. The van der Waals surface area contributed by atoms with Gasteiger partial charge in [0, 0.05) is 44.9 Å². The molecule has 4 nitrogen and oxygen atoms in total. The van der Waals surface area contributed by atoms with Gasteiger partial charge in [0.2, 0.25) is 0 Å². The van der Waals surface area contributed by atoms with Gasteiger partial charge < -0.3 is 10.5 Å². The minimum absolute atomic E-state index is 0.273. The Morgan fingerprint density at radius 3 is 2.61 bits per heavy atom. The molecule has 2 N–H and O–H groups in total. The molecule has 0 spiro atoms. The zero-order valence-corrected chi connectivity index (χ0v) is 11.6. The van der Waals surface area contributed by atoms with Crippen LogP contribution in [0.3, 0.4) is 0 Å². The Balaban J connectivity index is 1.72. The zero-order chi connectivity index (χ0) is 12.6. The molecule has 4 heteroatoms. The first-order valence-electron chi connectivity index (χ1n) is 7.52. The summed E-state index contributed by atoms with van der Waals surface area (Å²) < 4.78 is 5.49. The maximum absolute atomic E-state index is 6.22. The van der Waals surface area contributed by atoms with Gasteiger partial charge in [0.15, 0.2) is 0 Å². The topological polar surface area (TPSA) is 41.7 Å². The van der Waals surface area contributed by atoms with Gasteiger partial charge in [-0.05, 0) is 38.6 Å². The van der Waals surface area contributed by atoms with E-state index in [1.807, 2.05) is 7.11 Å². The van der Waals surface area contributed by atoms with Crippen LogP contribution in [-0.2, 0) is 4.74 Å². The number of rotatable bonds is 3. The minimum atomic E-state index is 0.273. The Bertz CT molecular complexity index is 291. The summed E-state index contributed by atoms with van der Waals surface area (Å²) in [5.74, 6) is 0. The van der Waals surface area contributed by atoms with Gasteiger partial charge in [-0.2, -0.15) is 0 Å². The molecule has 0 aromatic rings. The van der Waals surface area contributed by atoms with Crippen LogP contribution < -0.4 is 5.73 Å². The van der Waals surface area contributed by atoms with Crippen molar-refractivity contribution in [1.29, 1.82) is 0 Å². The lowest BCUT2D eigenvalue weighted by Crippen LogP contribution is -2.62. The van der Waals surface area contributed by atoms with Gasteiger partial charge in [-0.25, -0.2) is 0 Å². The molecule has 3 rings (SSSR count). The van der Waals surface area contributed by atoms with Crippen molar-refractivity contribution in [3.63, 3.8) is 0 Å². The first-order chi connectivity index (χ1) is 8.80. The molecule has 3 aliphatic heterocycles. The van der Waals surface area contributed by atoms with Crippen molar-refractivity contribution in [3.05, 3.63) is 0 Å². The molecule has 0 aromatic carbocycles. The number of nitrogens with two attached hydrogens (primary N) is 1. The number of likely N-dealkylation sites (tertiary alicyclic amines) is 1. The van der Waals surface area contributed by atoms with Crippen LogP contribution >= 0.6 is 0 Å². The second kappa shape index (κ2) is 5.08. The number of piperidine rings is 1.